The lowest BCUT2D eigenvalue weighted by Gasteiger charge is -2.16. The molecule has 3 aromatic carbocycles. The molecule has 1 heterocycles. The topological polar surface area (TPSA) is 85.1 Å². The number of nitrogens with zero attached hydrogens (tertiary/aromatic N) is 1. The van der Waals surface area contributed by atoms with E-state index < -0.39 is 11.9 Å². The smallest absolute Gasteiger partial charge is 0.254 e. The van der Waals surface area contributed by atoms with Gasteiger partial charge in [-0.1, -0.05) is 60.7 Å². The Hall–Kier alpha value is -3.73. The standard InChI is InChI=1S/C23H19N3O2/c24-22(27)20(14-15-10-11-16-5-1-2-6-18(16)13-15)26-23(28)19-9-3-7-17-8-4-12-25-21(17)19/h1-13,20H,14H2,(H2,24,27)(H,26,28)/t20-/m1/s1. The lowest BCUT2D eigenvalue weighted by molar-refractivity contribution is -0.119. The minimum Gasteiger partial charge on any atom is -0.368 e. The molecule has 0 bridgehead atoms. The molecule has 0 saturated carbocycles. The number of carbonyl (C=O) groups excluding carboxylic acids is 2. The van der Waals surface area contributed by atoms with Crippen molar-refractivity contribution in [3.8, 4) is 0 Å². The number of fused-ring (bicyclic) bond motifs is 2. The molecule has 3 N–H and O–H groups in total. The molecule has 1 atom stereocenters. The number of nitrogens with two attached hydrogens (primary N) is 1. The molecule has 0 radical (unpaired) electrons. The number of primary amides is 1. The summed E-state index contributed by atoms with van der Waals surface area (Å²) in [7, 11) is 0. The van der Waals surface area contributed by atoms with E-state index >= 15 is 0 Å². The number of amides is 2. The molecule has 138 valence electrons. The number of hydrogen-bond donors (Lipinski definition) is 2. The van der Waals surface area contributed by atoms with Crippen molar-refractivity contribution in [1.82, 2.24) is 10.3 Å². The van der Waals surface area contributed by atoms with Gasteiger partial charge in [0.25, 0.3) is 5.91 Å². The normalized spacial score (nSPS) is 12.0. The van der Waals surface area contributed by atoms with Crippen LogP contribution in [-0.2, 0) is 11.2 Å². The number of carbonyl (C=O) groups is 2. The van der Waals surface area contributed by atoms with E-state index in [1.807, 2.05) is 60.7 Å². The van der Waals surface area contributed by atoms with Gasteiger partial charge in [0.15, 0.2) is 0 Å². The van der Waals surface area contributed by atoms with Crippen LogP contribution in [0.25, 0.3) is 21.7 Å². The quantitative estimate of drug-likeness (QED) is 0.566. The third kappa shape index (κ3) is 3.55. The fraction of sp³-hybridized carbons (Fsp3) is 0.0870. The first-order valence-electron chi connectivity index (χ1n) is 9.03. The fourth-order valence-electron chi connectivity index (χ4n) is 3.35. The molecule has 4 rings (SSSR count). The average molecular weight is 369 g/mol. The van der Waals surface area contributed by atoms with Crippen molar-refractivity contribution in [3.05, 3.63) is 90.1 Å². The third-order valence-corrected chi connectivity index (χ3v) is 4.78. The Balaban J connectivity index is 1.59. The van der Waals surface area contributed by atoms with Gasteiger partial charge < -0.3 is 11.1 Å². The molecule has 28 heavy (non-hydrogen) atoms. The van der Waals surface area contributed by atoms with Crippen LogP contribution >= 0.6 is 0 Å². The van der Waals surface area contributed by atoms with Gasteiger partial charge in [0, 0.05) is 18.0 Å². The van der Waals surface area contributed by atoms with Crippen molar-refractivity contribution < 1.29 is 9.59 Å². The zero-order valence-corrected chi connectivity index (χ0v) is 15.1. The second-order valence-corrected chi connectivity index (χ2v) is 6.69. The first-order valence-corrected chi connectivity index (χ1v) is 9.03. The SMILES string of the molecule is NC(=O)[C@@H](Cc1ccc2ccccc2c1)NC(=O)c1cccc2cccnc12. The number of pyridine rings is 1. The zero-order valence-electron chi connectivity index (χ0n) is 15.1. The van der Waals surface area contributed by atoms with Crippen LogP contribution in [0.3, 0.4) is 0 Å². The Morgan fingerprint density at radius 3 is 2.46 bits per heavy atom. The maximum absolute atomic E-state index is 12.8. The van der Waals surface area contributed by atoms with E-state index in [4.69, 9.17) is 5.73 Å². The van der Waals surface area contributed by atoms with Crippen LogP contribution in [0.2, 0.25) is 0 Å². The Morgan fingerprint density at radius 2 is 1.64 bits per heavy atom. The van der Waals surface area contributed by atoms with Gasteiger partial charge in [-0.05, 0) is 28.5 Å². The minimum absolute atomic E-state index is 0.324. The number of benzene rings is 3. The van der Waals surface area contributed by atoms with Gasteiger partial charge >= 0.3 is 0 Å². The molecule has 5 heteroatoms. The average Bonchev–Trinajstić information content (AvgIpc) is 2.72. The van der Waals surface area contributed by atoms with E-state index in [-0.39, 0.29) is 5.91 Å². The van der Waals surface area contributed by atoms with Crippen LogP contribution in [0, 0.1) is 0 Å². The summed E-state index contributed by atoms with van der Waals surface area (Å²) in [6.07, 6.45) is 1.96. The molecular formula is C23H19N3O2. The Bertz CT molecular complexity index is 1180. The maximum atomic E-state index is 12.8. The van der Waals surface area contributed by atoms with Gasteiger partial charge in [-0.15, -0.1) is 0 Å². The van der Waals surface area contributed by atoms with Crippen LogP contribution < -0.4 is 11.1 Å². The van der Waals surface area contributed by atoms with Crippen LogP contribution in [0.5, 0.6) is 0 Å². The third-order valence-electron chi connectivity index (χ3n) is 4.78. The van der Waals surface area contributed by atoms with Crippen molar-refractivity contribution in [2.45, 2.75) is 12.5 Å². The number of hydrogen-bond acceptors (Lipinski definition) is 3. The summed E-state index contributed by atoms with van der Waals surface area (Å²) in [6, 6.07) is 22.2. The van der Waals surface area contributed by atoms with Crippen LogP contribution in [0.15, 0.2) is 79.0 Å². The molecular weight excluding hydrogens is 350 g/mol. The van der Waals surface area contributed by atoms with E-state index in [0.29, 0.717) is 17.5 Å². The highest BCUT2D eigenvalue weighted by Crippen LogP contribution is 2.18. The highest BCUT2D eigenvalue weighted by atomic mass is 16.2. The Kier molecular flexibility index (Phi) is 4.72. The van der Waals surface area contributed by atoms with Gasteiger partial charge in [-0.25, -0.2) is 0 Å². The summed E-state index contributed by atoms with van der Waals surface area (Å²) >= 11 is 0. The molecule has 4 aromatic rings. The zero-order chi connectivity index (χ0) is 19.5. The highest BCUT2D eigenvalue weighted by molar-refractivity contribution is 6.06. The predicted octanol–water partition coefficient (Wildman–Crippen LogP) is 3.21. The van der Waals surface area contributed by atoms with E-state index in [1.165, 1.54) is 0 Å². The number of para-hydroxylation sites is 1. The summed E-state index contributed by atoms with van der Waals surface area (Å²) in [5, 5.41) is 5.82. The van der Waals surface area contributed by atoms with E-state index in [1.54, 1.807) is 18.3 Å². The van der Waals surface area contributed by atoms with Crippen LogP contribution in [0.4, 0.5) is 0 Å². The highest BCUT2D eigenvalue weighted by Gasteiger charge is 2.21. The fourth-order valence-corrected chi connectivity index (χ4v) is 3.35. The van der Waals surface area contributed by atoms with Gasteiger partial charge in [0.1, 0.15) is 6.04 Å². The van der Waals surface area contributed by atoms with E-state index in [0.717, 1.165) is 21.7 Å². The van der Waals surface area contributed by atoms with Crippen molar-refractivity contribution in [2.75, 3.05) is 0 Å². The van der Waals surface area contributed by atoms with Crippen molar-refractivity contribution in [2.24, 2.45) is 5.73 Å². The van der Waals surface area contributed by atoms with Gasteiger partial charge in [0.05, 0.1) is 11.1 Å². The second-order valence-electron chi connectivity index (χ2n) is 6.69. The van der Waals surface area contributed by atoms with E-state index in [9.17, 15) is 9.59 Å². The predicted molar refractivity (Wildman–Crippen MR) is 110 cm³/mol. The number of nitrogens with one attached hydrogen (secondary N) is 1. The molecule has 0 spiro atoms. The maximum Gasteiger partial charge on any atom is 0.254 e. The van der Waals surface area contributed by atoms with Crippen molar-refractivity contribution in [1.29, 1.82) is 0 Å². The van der Waals surface area contributed by atoms with Crippen molar-refractivity contribution >= 4 is 33.5 Å². The number of rotatable bonds is 5. The minimum atomic E-state index is -0.812. The first-order chi connectivity index (χ1) is 13.6. The van der Waals surface area contributed by atoms with Gasteiger partial charge in [-0.2, -0.15) is 0 Å². The largest absolute Gasteiger partial charge is 0.368 e. The monoisotopic (exact) mass is 369 g/mol. The molecule has 0 unspecified atom stereocenters. The molecule has 0 saturated heterocycles. The molecule has 5 nitrogen and oxygen atoms in total. The summed E-state index contributed by atoms with van der Waals surface area (Å²) in [4.78, 5) is 29.1. The Labute approximate surface area is 162 Å². The van der Waals surface area contributed by atoms with Crippen molar-refractivity contribution in [3.63, 3.8) is 0 Å². The van der Waals surface area contributed by atoms with Gasteiger partial charge in [0.2, 0.25) is 5.91 Å². The second kappa shape index (κ2) is 7.48. The summed E-state index contributed by atoms with van der Waals surface area (Å²) < 4.78 is 0. The Morgan fingerprint density at radius 1 is 0.893 bits per heavy atom. The van der Waals surface area contributed by atoms with Crippen LogP contribution in [0.1, 0.15) is 15.9 Å². The van der Waals surface area contributed by atoms with E-state index in [2.05, 4.69) is 10.3 Å². The molecule has 0 aliphatic heterocycles. The molecule has 0 aliphatic rings. The molecule has 0 aliphatic carbocycles. The summed E-state index contributed by atoms with van der Waals surface area (Å²) in [5.41, 5.74) is 7.51. The van der Waals surface area contributed by atoms with Crippen LogP contribution in [-0.4, -0.2) is 22.8 Å². The molecule has 0 fully saturated rings. The summed E-state index contributed by atoms with van der Waals surface area (Å²) in [6.45, 7) is 0. The first kappa shape index (κ1) is 17.7. The lowest BCUT2D eigenvalue weighted by atomic mass is 10.0. The molecule has 1 aromatic heterocycles. The lowest BCUT2D eigenvalue weighted by Crippen LogP contribution is -2.45. The summed E-state index contributed by atoms with van der Waals surface area (Å²) in [5.74, 6) is -0.941. The number of aromatic nitrogens is 1. The molecule has 2 amide bonds. The van der Waals surface area contributed by atoms with Gasteiger partial charge in [-0.3, -0.25) is 14.6 Å².